The van der Waals surface area contributed by atoms with E-state index in [0.29, 0.717) is 16.5 Å². The van der Waals surface area contributed by atoms with Gasteiger partial charge in [-0.25, -0.2) is 0 Å². The topological polar surface area (TPSA) is 66.5 Å². The van der Waals surface area contributed by atoms with E-state index in [1.54, 1.807) is 12.1 Å². The molecule has 1 aliphatic rings. The zero-order valence-electron chi connectivity index (χ0n) is 13.8. The molecule has 5 heteroatoms. The van der Waals surface area contributed by atoms with Crippen LogP contribution in [0.1, 0.15) is 47.4 Å². The predicted molar refractivity (Wildman–Crippen MR) is 91.8 cm³/mol. The van der Waals surface area contributed by atoms with Crippen LogP contribution in [0, 0.1) is 0 Å². The van der Waals surface area contributed by atoms with Gasteiger partial charge < -0.3 is 5.32 Å². The van der Waals surface area contributed by atoms with Gasteiger partial charge in [-0.3, -0.25) is 19.3 Å². The number of carbonyl (C=O) groups is 3. The second kappa shape index (κ2) is 6.43. The van der Waals surface area contributed by atoms with Crippen molar-refractivity contribution in [3.63, 3.8) is 0 Å². The van der Waals surface area contributed by atoms with Crippen LogP contribution in [-0.4, -0.2) is 35.2 Å². The molecule has 0 aromatic heterocycles. The van der Waals surface area contributed by atoms with Gasteiger partial charge in [0.25, 0.3) is 11.8 Å². The van der Waals surface area contributed by atoms with Crippen molar-refractivity contribution in [1.29, 1.82) is 0 Å². The Kier molecular flexibility index (Phi) is 4.34. The summed E-state index contributed by atoms with van der Waals surface area (Å²) in [5.41, 5.74) is 1.04. The molecule has 0 radical (unpaired) electrons. The van der Waals surface area contributed by atoms with E-state index in [1.165, 1.54) is 4.90 Å². The van der Waals surface area contributed by atoms with Gasteiger partial charge in [-0.1, -0.05) is 31.2 Å². The second-order valence-electron chi connectivity index (χ2n) is 6.10. The van der Waals surface area contributed by atoms with Crippen molar-refractivity contribution in [2.24, 2.45) is 0 Å². The van der Waals surface area contributed by atoms with Crippen molar-refractivity contribution < 1.29 is 14.4 Å². The highest BCUT2D eigenvalue weighted by Gasteiger charge is 2.32. The third-order valence-corrected chi connectivity index (χ3v) is 4.44. The second-order valence-corrected chi connectivity index (χ2v) is 6.10. The minimum atomic E-state index is -0.333. The molecule has 24 heavy (non-hydrogen) atoms. The molecule has 1 aliphatic heterocycles. The third kappa shape index (κ3) is 2.77. The van der Waals surface area contributed by atoms with Crippen LogP contribution in [0.5, 0.6) is 0 Å². The van der Waals surface area contributed by atoms with Gasteiger partial charge in [0.05, 0.1) is 0 Å². The van der Waals surface area contributed by atoms with Gasteiger partial charge in [0.1, 0.15) is 0 Å². The van der Waals surface area contributed by atoms with Gasteiger partial charge >= 0.3 is 0 Å². The molecule has 3 amide bonds. The third-order valence-electron chi connectivity index (χ3n) is 4.44. The molecule has 0 aliphatic carbocycles. The van der Waals surface area contributed by atoms with Gasteiger partial charge in [0, 0.05) is 35.5 Å². The number of nitrogens with one attached hydrogen (secondary N) is 1. The summed E-state index contributed by atoms with van der Waals surface area (Å²) in [5.74, 6) is -0.816. The van der Waals surface area contributed by atoms with E-state index >= 15 is 0 Å². The van der Waals surface area contributed by atoms with Crippen LogP contribution in [0.3, 0.4) is 0 Å². The molecule has 1 unspecified atom stereocenters. The van der Waals surface area contributed by atoms with E-state index in [4.69, 9.17) is 0 Å². The summed E-state index contributed by atoms with van der Waals surface area (Å²) in [7, 11) is 0. The quantitative estimate of drug-likeness (QED) is 0.860. The van der Waals surface area contributed by atoms with Crippen LogP contribution in [0.25, 0.3) is 10.8 Å². The first-order valence-electron chi connectivity index (χ1n) is 8.20. The Balaban J connectivity index is 1.84. The zero-order chi connectivity index (χ0) is 17.3. The number of carbonyl (C=O) groups excluding carboxylic acids is 3. The van der Waals surface area contributed by atoms with Crippen molar-refractivity contribution in [3.05, 3.63) is 47.5 Å². The van der Waals surface area contributed by atoms with Gasteiger partial charge in [0.15, 0.2) is 0 Å². The van der Waals surface area contributed by atoms with Crippen molar-refractivity contribution in [2.75, 3.05) is 6.54 Å². The van der Waals surface area contributed by atoms with Crippen LogP contribution in [0.15, 0.2) is 36.4 Å². The van der Waals surface area contributed by atoms with Crippen LogP contribution < -0.4 is 5.32 Å². The lowest BCUT2D eigenvalue weighted by atomic mass is 9.94. The minimum Gasteiger partial charge on any atom is -0.354 e. The normalized spacial score (nSPS) is 14.8. The van der Waals surface area contributed by atoms with Gasteiger partial charge in [-0.15, -0.1) is 0 Å². The maximum absolute atomic E-state index is 12.7. The Morgan fingerprint density at radius 1 is 1.08 bits per heavy atom. The summed E-state index contributed by atoms with van der Waals surface area (Å²) in [6.45, 7) is 4.00. The highest BCUT2D eigenvalue weighted by Crippen LogP contribution is 2.29. The molecular formula is C19H20N2O3. The lowest BCUT2D eigenvalue weighted by molar-refractivity contribution is -0.121. The summed E-state index contributed by atoms with van der Waals surface area (Å²) in [4.78, 5) is 38.5. The average Bonchev–Trinajstić information content (AvgIpc) is 2.59. The number of amides is 3. The van der Waals surface area contributed by atoms with Gasteiger partial charge in [0.2, 0.25) is 5.91 Å². The molecule has 124 valence electrons. The fourth-order valence-electron chi connectivity index (χ4n) is 2.95. The Hall–Kier alpha value is -2.69. The van der Waals surface area contributed by atoms with Crippen molar-refractivity contribution >= 4 is 28.5 Å². The molecule has 1 N–H and O–H groups in total. The molecule has 2 aromatic carbocycles. The zero-order valence-corrected chi connectivity index (χ0v) is 13.8. The van der Waals surface area contributed by atoms with E-state index in [9.17, 15) is 14.4 Å². The van der Waals surface area contributed by atoms with Gasteiger partial charge in [-0.05, 0) is 30.9 Å². The van der Waals surface area contributed by atoms with E-state index < -0.39 is 0 Å². The van der Waals surface area contributed by atoms with Crippen molar-refractivity contribution in [1.82, 2.24) is 10.2 Å². The lowest BCUT2D eigenvalue weighted by Gasteiger charge is -2.27. The number of hydrogen-bond donors (Lipinski definition) is 1. The molecule has 0 spiro atoms. The lowest BCUT2D eigenvalue weighted by Crippen LogP contribution is -2.43. The molecule has 3 rings (SSSR count). The first kappa shape index (κ1) is 16.2. The standard InChI is InChI=1S/C19H20N2O3/c1-3-12(2)20-16(22)10-11-21-18(23)14-8-4-6-13-7-5-9-15(17(13)14)19(21)24/h4-9,12H,3,10-11H2,1-2H3,(H,20,22). The van der Waals surface area contributed by atoms with E-state index in [2.05, 4.69) is 5.32 Å². The fourth-order valence-corrected chi connectivity index (χ4v) is 2.95. The summed E-state index contributed by atoms with van der Waals surface area (Å²) in [6, 6.07) is 10.9. The highest BCUT2D eigenvalue weighted by atomic mass is 16.2. The molecule has 0 saturated carbocycles. The molecule has 1 atom stereocenters. The first-order chi connectivity index (χ1) is 11.5. The highest BCUT2D eigenvalue weighted by molar-refractivity contribution is 6.25. The molecule has 2 aromatic rings. The molecule has 5 nitrogen and oxygen atoms in total. The molecule has 0 bridgehead atoms. The number of imide groups is 1. The van der Waals surface area contributed by atoms with Gasteiger partial charge in [-0.2, -0.15) is 0 Å². The minimum absolute atomic E-state index is 0.0831. The summed E-state index contributed by atoms with van der Waals surface area (Å²) in [6.07, 6.45) is 0.947. The first-order valence-corrected chi connectivity index (χ1v) is 8.20. The molecule has 0 fully saturated rings. The molecular weight excluding hydrogens is 304 g/mol. The number of benzene rings is 2. The SMILES string of the molecule is CCC(C)NC(=O)CCN1C(=O)c2cccc3cccc(c23)C1=O. The smallest absolute Gasteiger partial charge is 0.261 e. The Morgan fingerprint density at radius 2 is 1.67 bits per heavy atom. The number of rotatable bonds is 5. The van der Waals surface area contributed by atoms with Crippen LogP contribution in [-0.2, 0) is 4.79 Å². The largest absolute Gasteiger partial charge is 0.354 e. The fraction of sp³-hybridized carbons (Fsp3) is 0.316. The van der Waals surface area contributed by atoms with Crippen molar-refractivity contribution in [3.8, 4) is 0 Å². The Morgan fingerprint density at radius 3 is 2.21 bits per heavy atom. The van der Waals surface area contributed by atoms with Crippen LogP contribution in [0.4, 0.5) is 0 Å². The number of nitrogens with zero attached hydrogens (tertiary/aromatic N) is 1. The number of hydrogen-bond acceptors (Lipinski definition) is 3. The maximum Gasteiger partial charge on any atom is 0.261 e. The van der Waals surface area contributed by atoms with Crippen LogP contribution in [0.2, 0.25) is 0 Å². The predicted octanol–water partition coefficient (Wildman–Crippen LogP) is 2.74. The van der Waals surface area contributed by atoms with Crippen molar-refractivity contribution in [2.45, 2.75) is 32.7 Å². The average molecular weight is 324 g/mol. The van der Waals surface area contributed by atoms with E-state index in [0.717, 1.165) is 11.8 Å². The monoisotopic (exact) mass is 324 g/mol. The maximum atomic E-state index is 12.7. The summed E-state index contributed by atoms with van der Waals surface area (Å²) < 4.78 is 0. The molecule has 1 heterocycles. The summed E-state index contributed by atoms with van der Waals surface area (Å²) in [5, 5.41) is 4.43. The Labute approximate surface area is 140 Å². The van der Waals surface area contributed by atoms with E-state index in [1.807, 2.05) is 38.1 Å². The van der Waals surface area contributed by atoms with E-state index in [-0.39, 0.29) is 36.7 Å². The summed E-state index contributed by atoms with van der Waals surface area (Å²) >= 11 is 0. The Bertz CT molecular complexity index is 778. The molecule has 0 saturated heterocycles. The van der Waals surface area contributed by atoms with Crippen LogP contribution >= 0.6 is 0 Å².